The van der Waals surface area contributed by atoms with Crippen molar-refractivity contribution in [1.29, 1.82) is 5.26 Å². The number of hydrogen-bond donors (Lipinski definition) is 0. The minimum Gasteiger partial charge on any atom is -0.496 e. The number of ether oxygens (including phenoxy) is 8. The van der Waals surface area contributed by atoms with Gasteiger partial charge in [-0.15, -0.1) is 47.0 Å². The van der Waals surface area contributed by atoms with Crippen LogP contribution >= 0.6 is 47.0 Å². The molecule has 10 aliphatic rings. The molecule has 0 saturated carbocycles. The Hall–Kier alpha value is -3.83. The molecule has 10 heterocycles. The number of hydrogen-bond acceptors (Lipinski definition) is 13. The third kappa shape index (κ3) is 9.74. The summed E-state index contributed by atoms with van der Waals surface area (Å²) in [5.74, 6) is 8.75. The number of methoxy groups -OCH3 is 8. The Morgan fingerprint density at radius 3 is 0.706 bits per heavy atom. The number of nitriles is 1. The molecule has 0 N–H and O–H groups in total. The Labute approximate surface area is 318 Å². The molecule has 51 heavy (non-hydrogen) atoms. The topological polar surface area (TPSA) is 97.6 Å². The second-order valence-corrected chi connectivity index (χ2v) is 14.7. The van der Waals surface area contributed by atoms with Gasteiger partial charge in [-0.2, -0.15) is 5.26 Å². The molecule has 0 unspecified atom stereocenters. The van der Waals surface area contributed by atoms with Gasteiger partial charge < -0.3 is 37.9 Å². The van der Waals surface area contributed by atoms with Gasteiger partial charge in [-0.05, 0) is 48.5 Å². The van der Waals surface area contributed by atoms with E-state index in [4.69, 9.17) is 43.2 Å². The van der Waals surface area contributed by atoms with Crippen LogP contribution in [0.25, 0.3) is 0 Å². The zero-order chi connectivity index (χ0) is 36.9. The highest BCUT2D eigenvalue weighted by Crippen LogP contribution is 2.47. The molecule has 0 fully saturated rings. The highest BCUT2D eigenvalue weighted by atomic mass is 32.2. The second kappa shape index (κ2) is 19.7. The van der Waals surface area contributed by atoms with Crippen LogP contribution < -0.4 is 37.9 Å². The summed E-state index contributed by atoms with van der Waals surface area (Å²) >= 11 is 6.59. The van der Waals surface area contributed by atoms with Crippen LogP contribution in [-0.4, -0.2) is 56.9 Å². The van der Waals surface area contributed by atoms with Gasteiger partial charge in [-0.3, -0.25) is 0 Å². The van der Waals surface area contributed by atoms with E-state index in [1.54, 1.807) is 110 Å². The highest BCUT2D eigenvalue weighted by molar-refractivity contribution is 7.99. The largest absolute Gasteiger partial charge is 0.496 e. The van der Waals surface area contributed by atoms with Crippen molar-refractivity contribution in [2.75, 3.05) is 56.9 Å². The summed E-state index contributed by atoms with van der Waals surface area (Å²) in [6.45, 7) is 1.43. The van der Waals surface area contributed by atoms with Gasteiger partial charge in [0.15, 0.2) is 0 Å². The first-order valence-electron chi connectivity index (χ1n) is 15.6. The number of nitrogens with zero attached hydrogens (tertiary/aromatic N) is 1. The molecule has 4 aromatic rings. The van der Waals surface area contributed by atoms with E-state index in [2.05, 4.69) is 24.3 Å². The molecule has 0 radical (unpaired) electrons. The van der Waals surface area contributed by atoms with Gasteiger partial charge in [-0.1, -0.05) is 0 Å². The Morgan fingerprint density at radius 2 is 0.549 bits per heavy atom. The molecule has 10 aliphatic heterocycles. The second-order valence-electron chi connectivity index (χ2n) is 10.6. The fourth-order valence-electron chi connectivity index (χ4n) is 5.26. The fraction of sp³-hybridized carbons (Fsp3) is 0.342. The van der Waals surface area contributed by atoms with E-state index in [1.807, 2.05) is 24.3 Å². The fourth-order valence-corrected chi connectivity index (χ4v) is 9.30. The van der Waals surface area contributed by atoms with Crippen molar-refractivity contribution in [1.82, 2.24) is 0 Å². The molecule has 0 aromatic heterocycles. The lowest BCUT2D eigenvalue weighted by atomic mass is 10.1. The lowest BCUT2D eigenvalue weighted by molar-refractivity contribution is 0.386. The summed E-state index contributed by atoms with van der Waals surface area (Å²) in [6, 6.07) is 18.1. The molecule has 272 valence electrons. The number of benzene rings is 4. The van der Waals surface area contributed by atoms with Crippen LogP contribution in [0.4, 0.5) is 0 Å². The van der Waals surface area contributed by atoms with Crippen LogP contribution in [0.3, 0.4) is 0 Å². The predicted molar refractivity (Wildman–Crippen MR) is 208 cm³/mol. The standard InChI is InChI=1S/C36H40O8S4.C2H3N/c1-37-25-9-22-18-46-34-15-32(44-8)36(16-31(34)43-7)48-20-24-12-27(39-3)23(11-28(24)40-4)19-47-35-14-29(41-5)33(13-30(35)42-6)45-17-21(25)10-26(22)38-2;1-2-3/h9-16H,17-20H2,1-8H3;1H3. The van der Waals surface area contributed by atoms with E-state index in [9.17, 15) is 0 Å². The molecule has 0 amide bonds. The normalized spacial score (nSPS) is 12.5. The Kier molecular flexibility index (Phi) is 15.4. The zero-order valence-corrected chi connectivity index (χ0v) is 33.6. The maximum atomic E-state index is 7.32. The summed E-state index contributed by atoms with van der Waals surface area (Å²) < 4.78 is 46.9. The van der Waals surface area contributed by atoms with Crippen LogP contribution in [0.15, 0.2) is 68.1 Å². The molecule has 9 nitrogen and oxygen atoms in total. The van der Waals surface area contributed by atoms with E-state index in [0.717, 1.165) is 87.8 Å². The first-order chi connectivity index (χ1) is 24.8. The summed E-state index contributed by atoms with van der Waals surface area (Å²) in [5, 5.41) is 7.32. The van der Waals surface area contributed by atoms with E-state index in [0.29, 0.717) is 23.0 Å². The van der Waals surface area contributed by atoms with Crippen molar-refractivity contribution in [3.05, 3.63) is 70.8 Å². The SMILES string of the molecule is CC#N.COc1cc2c(OC)cc1CSc1cc(OC)c(cc1OC)SCc1cc(OC)c(cc1OC)CSc1cc(OC)c(cc1OC)SC2. The Morgan fingerprint density at radius 1 is 0.373 bits per heavy atom. The van der Waals surface area contributed by atoms with Gasteiger partial charge >= 0.3 is 0 Å². The molecule has 0 spiro atoms. The third-order valence-electron chi connectivity index (χ3n) is 7.80. The lowest BCUT2D eigenvalue weighted by Crippen LogP contribution is -1.99. The summed E-state index contributed by atoms with van der Waals surface area (Å²) in [5.41, 5.74) is 4.03. The van der Waals surface area contributed by atoms with E-state index >= 15 is 0 Å². The van der Waals surface area contributed by atoms with E-state index in [1.165, 1.54) is 6.92 Å². The lowest BCUT2D eigenvalue weighted by Gasteiger charge is -2.19. The molecule has 4 aromatic carbocycles. The van der Waals surface area contributed by atoms with Crippen molar-refractivity contribution in [3.63, 3.8) is 0 Å². The maximum absolute atomic E-state index is 7.32. The summed E-state index contributed by atoms with van der Waals surface area (Å²) in [6.07, 6.45) is 0. The van der Waals surface area contributed by atoms with Crippen molar-refractivity contribution < 1.29 is 37.9 Å². The summed E-state index contributed by atoms with van der Waals surface area (Å²) in [7, 11) is 13.5. The van der Waals surface area contributed by atoms with Crippen molar-refractivity contribution in [2.45, 2.75) is 49.5 Å². The molecule has 0 saturated heterocycles. The van der Waals surface area contributed by atoms with E-state index < -0.39 is 0 Å². The third-order valence-corrected chi connectivity index (χ3v) is 12.1. The van der Waals surface area contributed by atoms with Crippen molar-refractivity contribution in [2.24, 2.45) is 0 Å². The number of rotatable bonds is 8. The van der Waals surface area contributed by atoms with Crippen molar-refractivity contribution >= 4 is 47.0 Å². The molecule has 13 heteroatoms. The molecular weight excluding hydrogens is 727 g/mol. The van der Waals surface area contributed by atoms with Crippen LogP contribution in [-0.2, 0) is 23.0 Å². The Bertz CT molecular complexity index is 1470. The van der Waals surface area contributed by atoms with Crippen LogP contribution in [0.2, 0.25) is 0 Å². The van der Waals surface area contributed by atoms with E-state index in [-0.39, 0.29) is 0 Å². The minimum absolute atomic E-state index is 0.631. The molecule has 8 bridgehead atoms. The monoisotopic (exact) mass is 769 g/mol. The molecular formula is C38H43NO8S4. The summed E-state index contributed by atoms with van der Waals surface area (Å²) in [4.78, 5) is 3.83. The predicted octanol–water partition coefficient (Wildman–Crippen LogP) is 9.77. The van der Waals surface area contributed by atoms with Crippen LogP contribution in [0, 0.1) is 11.3 Å². The smallest absolute Gasteiger partial charge is 0.133 e. The van der Waals surface area contributed by atoms with Gasteiger partial charge in [0, 0.05) is 52.2 Å². The maximum Gasteiger partial charge on any atom is 0.133 e. The van der Waals surface area contributed by atoms with Crippen molar-refractivity contribution in [3.8, 4) is 52.1 Å². The average molecular weight is 770 g/mol. The number of thioether (sulfide) groups is 4. The zero-order valence-electron chi connectivity index (χ0n) is 30.3. The first kappa shape index (κ1) is 39.9. The van der Waals surface area contributed by atoms with Gasteiger partial charge in [0.1, 0.15) is 46.0 Å². The molecule has 14 rings (SSSR count). The Balaban J connectivity index is 0.00000188. The molecule has 0 aliphatic carbocycles. The van der Waals surface area contributed by atoms with Gasteiger partial charge in [0.05, 0.1) is 82.5 Å². The van der Waals surface area contributed by atoms with Gasteiger partial charge in [0.25, 0.3) is 0 Å². The molecule has 0 atom stereocenters. The quantitative estimate of drug-likeness (QED) is 0.170. The highest BCUT2D eigenvalue weighted by Gasteiger charge is 2.20. The minimum atomic E-state index is 0.631. The van der Waals surface area contributed by atoms with Crippen LogP contribution in [0.1, 0.15) is 29.2 Å². The van der Waals surface area contributed by atoms with Crippen LogP contribution in [0.5, 0.6) is 46.0 Å². The van der Waals surface area contributed by atoms with Gasteiger partial charge in [-0.25, -0.2) is 0 Å². The first-order valence-corrected chi connectivity index (χ1v) is 19.6. The van der Waals surface area contributed by atoms with Gasteiger partial charge in [0.2, 0.25) is 0 Å². The average Bonchev–Trinajstić information content (AvgIpc) is 3.16.